The molecule has 1 saturated heterocycles. The van der Waals surface area contributed by atoms with Gasteiger partial charge >= 0.3 is 0 Å². The Morgan fingerprint density at radius 1 is 1.19 bits per heavy atom. The average Bonchev–Trinajstić information content (AvgIpc) is 2.64. The first kappa shape index (κ1) is 15.9. The normalized spacial score (nSPS) is 17.6. The number of nitrogens with zero attached hydrogens (tertiary/aromatic N) is 2. The van der Waals surface area contributed by atoms with Crippen LogP contribution in [-0.2, 0) is 6.54 Å². The highest BCUT2D eigenvalue weighted by Gasteiger charge is 2.15. The zero-order valence-corrected chi connectivity index (χ0v) is 12.2. The Kier molecular flexibility index (Phi) is 5.67. The number of hydrogen-bond acceptors (Lipinski definition) is 4. The van der Waals surface area contributed by atoms with Gasteiger partial charge in [0, 0.05) is 31.7 Å². The summed E-state index contributed by atoms with van der Waals surface area (Å²) in [6, 6.07) is 4.57. The SMILES string of the molecule is N=C(N)c1cc(F)cc(CN2CCCN(CCO)CC2)c1. The number of halogens is 1. The monoisotopic (exact) mass is 294 g/mol. The van der Waals surface area contributed by atoms with E-state index in [0.717, 1.165) is 38.2 Å². The van der Waals surface area contributed by atoms with Crippen LogP contribution in [0.15, 0.2) is 18.2 Å². The minimum atomic E-state index is -0.352. The predicted molar refractivity (Wildman–Crippen MR) is 80.8 cm³/mol. The molecule has 5 nitrogen and oxygen atoms in total. The Labute approximate surface area is 124 Å². The van der Waals surface area contributed by atoms with Crippen LogP contribution in [-0.4, -0.2) is 60.1 Å². The maximum atomic E-state index is 13.6. The second kappa shape index (κ2) is 7.49. The molecule has 1 aromatic rings. The summed E-state index contributed by atoms with van der Waals surface area (Å²) in [5.74, 6) is -0.463. The lowest BCUT2D eigenvalue weighted by Gasteiger charge is -2.21. The van der Waals surface area contributed by atoms with Gasteiger partial charge < -0.3 is 10.8 Å². The number of amidine groups is 1. The van der Waals surface area contributed by atoms with E-state index < -0.39 is 0 Å². The van der Waals surface area contributed by atoms with E-state index in [4.69, 9.17) is 16.2 Å². The van der Waals surface area contributed by atoms with Crippen molar-refractivity contribution in [2.75, 3.05) is 39.3 Å². The van der Waals surface area contributed by atoms with Crippen LogP contribution in [0, 0.1) is 11.2 Å². The van der Waals surface area contributed by atoms with Crippen LogP contribution < -0.4 is 5.73 Å². The Morgan fingerprint density at radius 2 is 1.90 bits per heavy atom. The lowest BCUT2D eigenvalue weighted by atomic mass is 10.1. The first-order valence-corrected chi connectivity index (χ1v) is 7.28. The van der Waals surface area contributed by atoms with E-state index in [2.05, 4.69) is 9.80 Å². The number of aliphatic hydroxyl groups excluding tert-OH is 1. The van der Waals surface area contributed by atoms with Gasteiger partial charge in [0.1, 0.15) is 11.7 Å². The van der Waals surface area contributed by atoms with Gasteiger partial charge in [0.15, 0.2) is 0 Å². The second-order valence-electron chi connectivity index (χ2n) is 5.46. The molecule has 6 heteroatoms. The van der Waals surface area contributed by atoms with Crippen molar-refractivity contribution < 1.29 is 9.50 Å². The van der Waals surface area contributed by atoms with Crippen molar-refractivity contribution in [2.45, 2.75) is 13.0 Å². The van der Waals surface area contributed by atoms with E-state index in [1.807, 2.05) is 0 Å². The van der Waals surface area contributed by atoms with Gasteiger partial charge in [0.2, 0.25) is 0 Å². The molecule has 1 aliphatic rings. The highest BCUT2D eigenvalue weighted by atomic mass is 19.1. The standard InChI is InChI=1S/C15H23FN4O/c16-14-9-12(8-13(10-14)15(17)18)11-20-3-1-2-19(4-5-20)6-7-21/h8-10,21H,1-7,11H2,(H3,17,18). The number of β-amino-alcohol motifs (C(OH)–C–C–N with tert-alkyl or cyclic N) is 1. The summed E-state index contributed by atoms with van der Waals surface area (Å²) in [7, 11) is 0. The van der Waals surface area contributed by atoms with E-state index in [1.54, 1.807) is 6.07 Å². The number of nitrogen functional groups attached to an aromatic ring is 1. The zero-order valence-electron chi connectivity index (χ0n) is 12.2. The molecule has 0 bridgehead atoms. The van der Waals surface area contributed by atoms with Gasteiger partial charge in [-0.05, 0) is 43.3 Å². The summed E-state index contributed by atoms with van der Waals surface area (Å²) in [6.07, 6.45) is 1.04. The van der Waals surface area contributed by atoms with Crippen molar-refractivity contribution in [3.8, 4) is 0 Å². The number of aliphatic hydroxyl groups is 1. The summed E-state index contributed by atoms with van der Waals surface area (Å²) in [4.78, 5) is 4.52. The minimum Gasteiger partial charge on any atom is -0.395 e. The van der Waals surface area contributed by atoms with Gasteiger partial charge in [0.25, 0.3) is 0 Å². The average molecular weight is 294 g/mol. The first-order valence-electron chi connectivity index (χ1n) is 7.28. The van der Waals surface area contributed by atoms with E-state index >= 15 is 0 Å². The first-order chi connectivity index (χ1) is 10.1. The van der Waals surface area contributed by atoms with Crippen molar-refractivity contribution in [2.24, 2.45) is 5.73 Å². The molecule has 116 valence electrons. The Balaban J connectivity index is 1.99. The van der Waals surface area contributed by atoms with Gasteiger partial charge in [-0.3, -0.25) is 15.2 Å². The van der Waals surface area contributed by atoms with Gasteiger partial charge in [-0.2, -0.15) is 0 Å². The third kappa shape index (κ3) is 4.77. The number of rotatable bonds is 5. The summed E-state index contributed by atoms with van der Waals surface area (Å²) < 4.78 is 13.6. The van der Waals surface area contributed by atoms with Crippen molar-refractivity contribution in [3.05, 3.63) is 35.1 Å². The summed E-state index contributed by atoms with van der Waals surface area (Å²) in [5, 5.41) is 16.4. The summed E-state index contributed by atoms with van der Waals surface area (Å²) >= 11 is 0. The highest BCUT2D eigenvalue weighted by Crippen LogP contribution is 2.13. The maximum absolute atomic E-state index is 13.6. The lowest BCUT2D eigenvalue weighted by molar-refractivity contribution is 0.196. The molecule has 0 amide bonds. The molecule has 1 aliphatic heterocycles. The quantitative estimate of drug-likeness (QED) is 0.549. The molecule has 0 unspecified atom stereocenters. The molecule has 0 spiro atoms. The number of hydrogen-bond donors (Lipinski definition) is 3. The van der Waals surface area contributed by atoms with Crippen LogP contribution in [0.2, 0.25) is 0 Å². The largest absolute Gasteiger partial charge is 0.395 e. The van der Waals surface area contributed by atoms with Gasteiger partial charge in [-0.1, -0.05) is 0 Å². The fraction of sp³-hybridized carbons (Fsp3) is 0.533. The number of nitrogens with two attached hydrogens (primary N) is 1. The van der Waals surface area contributed by atoms with Gasteiger partial charge in [-0.15, -0.1) is 0 Å². The Morgan fingerprint density at radius 3 is 2.62 bits per heavy atom. The van der Waals surface area contributed by atoms with Crippen molar-refractivity contribution in [1.29, 1.82) is 5.41 Å². The molecular formula is C15H23FN4O. The molecule has 1 heterocycles. The fourth-order valence-electron chi connectivity index (χ4n) is 2.70. The molecule has 0 aromatic heterocycles. The van der Waals surface area contributed by atoms with Crippen LogP contribution in [0.5, 0.6) is 0 Å². The summed E-state index contributed by atoms with van der Waals surface area (Å²) in [6.45, 7) is 5.30. The fourth-order valence-corrected chi connectivity index (χ4v) is 2.70. The lowest BCUT2D eigenvalue weighted by Crippen LogP contribution is -2.32. The zero-order chi connectivity index (χ0) is 15.2. The van der Waals surface area contributed by atoms with Crippen LogP contribution in [0.25, 0.3) is 0 Å². The Hall–Kier alpha value is -1.50. The maximum Gasteiger partial charge on any atom is 0.124 e. The third-order valence-electron chi connectivity index (χ3n) is 3.77. The molecule has 1 aromatic carbocycles. The van der Waals surface area contributed by atoms with Gasteiger partial charge in [-0.25, -0.2) is 4.39 Å². The summed E-state index contributed by atoms with van der Waals surface area (Å²) in [5.41, 5.74) is 6.71. The van der Waals surface area contributed by atoms with Crippen molar-refractivity contribution in [3.63, 3.8) is 0 Å². The predicted octanol–water partition coefficient (Wildman–Crippen LogP) is 0.610. The van der Waals surface area contributed by atoms with Crippen molar-refractivity contribution >= 4 is 5.84 Å². The molecule has 0 saturated carbocycles. The van der Waals surface area contributed by atoms with E-state index in [-0.39, 0.29) is 18.3 Å². The number of benzene rings is 1. The van der Waals surface area contributed by atoms with Crippen LogP contribution >= 0.6 is 0 Å². The molecule has 2 rings (SSSR count). The van der Waals surface area contributed by atoms with Crippen LogP contribution in [0.1, 0.15) is 17.5 Å². The minimum absolute atomic E-state index is 0.110. The molecule has 0 atom stereocenters. The Bertz CT molecular complexity index is 495. The third-order valence-corrected chi connectivity index (χ3v) is 3.77. The number of nitrogens with one attached hydrogen (secondary N) is 1. The highest BCUT2D eigenvalue weighted by molar-refractivity contribution is 5.95. The molecule has 4 N–H and O–H groups in total. The molecule has 1 fully saturated rings. The van der Waals surface area contributed by atoms with Crippen LogP contribution in [0.4, 0.5) is 4.39 Å². The van der Waals surface area contributed by atoms with Crippen LogP contribution in [0.3, 0.4) is 0 Å². The molecule has 21 heavy (non-hydrogen) atoms. The molecule has 0 radical (unpaired) electrons. The second-order valence-corrected chi connectivity index (χ2v) is 5.46. The van der Waals surface area contributed by atoms with Crippen molar-refractivity contribution in [1.82, 2.24) is 9.80 Å². The molecule has 0 aliphatic carbocycles. The van der Waals surface area contributed by atoms with E-state index in [0.29, 0.717) is 18.7 Å². The van der Waals surface area contributed by atoms with Gasteiger partial charge in [0.05, 0.1) is 6.61 Å². The smallest absolute Gasteiger partial charge is 0.124 e. The topological polar surface area (TPSA) is 76.6 Å². The van der Waals surface area contributed by atoms with E-state index in [1.165, 1.54) is 12.1 Å². The molecular weight excluding hydrogens is 271 g/mol. The van der Waals surface area contributed by atoms with E-state index in [9.17, 15) is 4.39 Å².